The largest absolute Gasteiger partial charge is 0.508 e. The molecule has 0 heterocycles. The van der Waals surface area contributed by atoms with Gasteiger partial charge in [0, 0.05) is 17.6 Å². The van der Waals surface area contributed by atoms with Crippen LogP contribution in [0.3, 0.4) is 0 Å². The summed E-state index contributed by atoms with van der Waals surface area (Å²) in [5.41, 5.74) is 2.17. The zero-order valence-corrected chi connectivity index (χ0v) is 13.9. The summed E-state index contributed by atoms with van der Waals surface area (Å²) in [5.74, 6) is 0.321. The molecule has 0 amide bonds. The van der Waals surface area contributed by atoms with Crippen molar-refractivity contribution in [2.24, 2.45) is 0 Å². The fourth-order valence-corrected chi connectivity index (χ4v) is 3.25. The molecule has 0 aliphatic rings. The minimum absolute atomic E-state index is 0.0256. The van der Waals surface area contributed by atoms with Crippen molar-refractivity contribution >= 4 is 10.8 Å². The van der Waals surface area contributed by atoms with E-state index in [0.29, 0.717) is 5.75 Å². The third-order valence-corrected chi connectivity index (χ3v) is 4.46. The number of phenolic OH excluding ortho intramolecular Hbond substituents is 1. The average molecular weight is 317 g/mol. The summed E-state index contributed by atoms with van der Waals surface area (Å²) in [7, 11) is 0. The lowest BCUT2D eigenvalue weighted by atomic mass is 9.96. The lowest BCUT2D eigenvalue weighted by molar-refractivity contribution is 0.427. The fraction of sp³-hybridized carbons (Fsp3) is 0.182. The van der Waals surface area contributed by atoms with E-state index in [4.69, 9.17) is 0 Å². The molecule has 0 fully saturated rings. The quantitative estimate of drug-likeness (QED) is 0.587. The predicted molar refractivity (Wildman–Crippen MR) is 101 cm³/mol. The van der Waals surface area contributed by atoms with Gasteiger partial charge in [-0.05, 0) is 35.7 Å². The highest BCUT2D eigenvalue weighted by molar-refractivity contribution is 5.86. The second kappa shape index (κ2) is 7.33. The molecule has 3 aromatic rings. The molecule has 0 saturated carbocycles. The SMILES string of the molecule is C=CC[C@@H](N[C@@H](C)c1cccc2ccccc12)c1ccccc1O. The predicted octanol–water partition coefficient (Wildman–Crippen LogP) is 5.51. The van der Waals surface area contributed by atoms with Gasteiger partial charge < -0.3 is 10.4 Å². The second-order valence-electron chi connectivity index (χ2n) is 6.09. The number of rotatable bonds is 6. The lowest BCUT2D eigenvalue weighted by Crippen LogP contribution is -2.24. The standard InChI is InChI=1S/C22H23NO/c1-3-9-21(20-13-6-7-15-22(20)24)23-16(2)18-14-8-11-17-10-4-5-12-19(17)18/h3-8,10-16,21,23-24H,1,9H2,2H3/t16-,21+/m0/s1. The van der Waals surface area contributed by atoms with E-state index in [2.05, 4.69) is 61.3 Å². The van der Waals surface area contributed by atoms with E-state index >= 15 is 0 Å². The molecule has 0 aromatic heterocycles. The Morgan fingerprint density at radius 1 is 0.958 bits per heavy atom. The van der Waals surface area contributed by atoms with Gasteiger partial charge in [0.2, 0.25) is 0 Å². The van der Waals surface area contributed by atoms with Crippen LogP contribution in [0.1, 0.15) is 36.6 Å². The Hall–Kier alpha value is -2.58. The molecular weight excluding hydrogens is 294 g/mol. The molecule has 0 spiro atoms. The number of para-hydroxylation sites is 1. The molecule has 0 unspecified atom stereocenters. The van der Waals surface area contributed by atoms with Crippen molar-refractivity contribution in [2.75, 3.05) is 0 Å². The number of phenols is 1. The Labute approximate surface area is 143 Å². The van der Waals surface area contributed by atoms with Crippen LogP contribution in [-0.2, 0) is 0 Å². The summed E-state index contributed by atoms with van der Waals surface area (Å²) in [6, 6.07) is 22.5. The minimum atomic E-state index is 0.0256. The van der Waals surface area contributed by atoms with Crippen LogP contribution >= 0.6 is 0 Å². The molecule has 0 saturated heterocycles. The van der Waals surface area contributed by atoms with Crippen molar-refractivity contribution in [1.29, 1.82) is 0 Å². The summed E-state index contributed by atoms with van der Waals surface area (Å²) < 4.78 is 0. The zero-order chi connectivity index (χ0) is 16.9. The van der Waals surface area contributed by atoms with E-state index in [-0.39, 0.29) is 12.1 Å². The first-order chi connectivity index (χ1) is 11.7. The molecule has 0 aliphatic carbocycles. The van der Waals surface area contributed by atoms with Gasteiger partial charge in [0.15, 0.2) is 0 Å². The Balaban J connectivity index is 1.92. The molecule has 2 nitrogen and oxygen atoms in total. The molecule has 24 heavy (non-hydrogen) atoms. The Bertz CT molecular complexity index is 835. The number of hydrogen-bond donors (Lipinski definition) is 2. The number of fused-ring (bicyclic) bond motifs is 1. The first-order valence-electron chi connectivity index (χ1n) is 8.33. The summed E-state index contributed by atoms with van der Waals surface area (Å²) in [4.78, 5) is 0. The Morgan fingerprint density at radius 2 is 1.62 bits per heavy atom. The van der Waals surface area contributed by atoms with Gasteiger partial charge in [0.05, 0.1) is 0 Å². The van der Waals surface area contributed by atoms with Crippen LogP contribution in [0, 0.1) is 0 Å². The number of nitrogens with one attached hydrogen (secondary N) is 1. The molecule has 3 aromatic carbocycles. The van der Waals surface area contributed by atoms with E-state index < -0.39 is 0 Å². The molecule has 2 N–H and O–H groups in total. The van der Waals surface area contributed by atoms with E-state index in [0.717, 1.165) is 12.0 Å². The maximum absolute atomic E-state index is 10.2. The third kappa shape index (κ3) is 3.34. The Kier molecular flexibility index (Phi) is 4.97. The van der Waals surface area contributed by atoms with Crippen LogP contribution in [0.5, 0.6) is 5.75 Å². The molecule has 0 bridgehead atoms. The van der Waals surface area contributed by atoms with Crippen LogP contribution in [0.15, 0.2) is 79.4 Å². The number of hydrogen-bond acceptors (Lipinski definition) is 2. The monoisotopic (exact) mass is 317 g/mol. The zero-order valence-electron chi connectivity index (χ0n) is 13.9. The highest BCUT2D eigenvalue weighted by Crippen LogP contribution is 2.31. The van der Waals surface area contributed by atoms with Crippen molar-refractivity contribution in [3.05, 3.63) is 90.5 Å². The Morgan fingerprint density at radius 3 is 2.42 bits per heavy atom. The maximum Gasteiger partial charge on any atom is 0.120 e. The van der Waals surface area contributed by atoms with Gasteiger partial charge in [-0.25, -0.2) is 0 Å². The molecule has 3 rings (SSSR count). The minimum Gasteiger partial charge on any atom is -0.508 e. The summed E-state index contributed by atoms with van der Waals surface area (Å²) in [6.07, 6.45) is 2.65. The number of benzene rings is 3. The third-order valence-electron chi connectivity index (χ3n) is 4.46. The van der Waals surface area contributed by atoms with E-state index in [1.807, 2.05) is 24.3 Å². The summed E-state index contributed by atoms with van der Waals surface area (Å²) >= 11 is 0. The van der Waals surface area contributed by atoms with Gasteiger partial charge in [0.1, 0.15) is 5.75 Å². The molecule has 0 radical (unpaired) electrons. The van der Waals surface area contributed by atoms with Gasteiger partial charge >= 0.3 is 0 Å². The van der Waals surface area contributed by atoms with Crippen LogP contribution in [0.2, 0.25) is 0 Å². The smallest absolute Gasteiger partial charge is 0.120 e. The summed E-state index contributed by atoms with van der Waals surface area (Å²) in [5, 5.41) is 16.3. The van der Waals surface area contributed by atoms with Crippen LogP contribution in [0.25, 0.3) is 10.8 Å². The van der Waals surface area contributed by atoms with Crippen LogP contribution in [0.4, 0.5) is 0 Å². The topological polar surface area (TPSA) is 32.3 Å². The molecule has 2 atom stereocenters. The van der Waals surface area contributed by atoms with Crippen molar-refractivity contribution in [3.8, 4) is 5.75 Å². The van der Waals surface area contributed by atoms with Crippen molar-refractivity contribution < 1.29 is 5.11 Å². The van der Waals surface area contributed by atoms with E-state index in [1.165, 1.54) is 16.3 Å². The highest BCUT2D eigenvalue weighted by atomic mass is 16.3. The number of aromatic hydroxyl groups is 1. The van der Waals surface area contributed by atoms with Crippen molar-refractivity contribution in [3.63, 3.8) is 0 Å². The van der Waals surface area contributed by atoms with Gasteiger partial charge in [-0.15, -0.1) is 6.58 Å². The normalized spacial score (nSPS) is 13.5. The van der Waals surface area contributed by atoms with Crippen LogP contribution in [-0.4, -0.2) is 5.11 Å². The first kappa shape index (κ1) is 16.3. The maximum atomic E-state index is 10.2. The molecule has 122 valence electrons. The van der Waals surface area contributed by atoms with E-state index in [9.17, 15) is 5.11 Å². The highest BCUT2D eigenvalue weighted by Gasteiger charge is 2.18. The van der Waals surface area contributed by atoms with Gasteiger partial charge in [0.25, 0.3) is 0 Å². The van der Waals surface area contributed by atoms with Gasteiger partial charge in [-0.3, -0.25) is 0 Å². The second-order valence-corrected chi connectivity index (χ2v) is 6.09. The van der Waals surface area contributed by atoms with Gasteiger partial charge in [-0.2, -0.15) is 0 Å². The average Bonchev–Trinajstić information content (AvgIpc) is 2.61. The van der Waals surface area contributed by atoms with Crippen LogP contribution < -0.4 is 5.32 Å². The first-order valence-corrected chi connectivity index (χ1v) is 8.33. The molecule has 2 heteroatoms. The molecular formula is C22H23NO. The lowest BCUT2D eigenvalue weighted by Gasteiger charge is -2.24. The van der Waals surface area contributed by atoms with Crippen molar-refractivity contribution in [1.82, 2.24) is 5.32 Å². The molecule has 0 aliphatic heterocycles. The fourth-order valence-electron chi connectivity index (χ4n) is 3.25. The summed E-state index contributed by atoms with van der Waals surface area (Å²) in [6.45, 7) is 6.03. The van der Waals surface area contributed by atoms with Crippen molar-refractivity contribution in [2.45, 2.75) is 25.4 Å². The van der Waals surface area contributed by atoms with E-state index in [1.54, 1.807) is 6.07 Å². The van der Waals surface area contributed by atoms with Gasteiger partial charge in [-0.1, -0.05) is 66.7 Å².